The first kappa shape index (κ1) is 18.1. The molecule has 3 rings (SSSR count). The number of benzene rings is 1. The van der Waals surface area contributed by atoms with Crippen LogP contribution in [0.4, 0.5) is 4.79 Å². The Bertz CT molecular complexity index is 618. The molecular formula is C20H30N2O3. The van der Waals surface area contributed by atoms with Crippen LogP contribution in [0.1, 0.15) is 63.6 Å². The number of nitrogens with one attached hydrogen (secondary N) is 2. The second-order valence-corrected chi connectivity index (χ2v) is 8.19. The minimum atomic E-state index is -0.448. The zero-order chi connectivity index (χ0) is 18.0. The van der Waals surface area contributed by atoms with Crippen LogP contribution in [0.2, 0.25) is 0 Å². The van der Waals surface area contributed by atoms with E-state index in [1.807, 2.05) is 26.8 Å². The molecule has 0 aromatic heterocycles. The van der Waals surface area contributed by atoms with Gasteiger partial charge in [0, 0.05) is 18.1 Å². The predicted molar refractivity (Wildman–Crippen MR) is 98.0 cm³/mol. The van der Waals surface area contributed by atoms with Crippen LogP contribution in [0.15, 0.2) is 18.2 Å². The third-order valence-electron chi connectivity index (χ3n) is 4.96. The first-order chi connectivity index (χ1) is 11.8. The molecule has 1 atom stereocenters. The number of hydrogen-bond donors (Lipinski definition) is 2. The van der Waals surface area contributed by atoms with Crippen LogP contribution < -0.4 is 15.4 Å². The Labute approximate surface area is 150 Å². The molecule has 5 heteroatoms. The van der Waals surface area contributed by atoms with Crippen LogP contribution in [-0.4, -0.2) is 30.9 Å². The number of aryl methyl sites for hydroxylation is 1. The van der Waals surface area contributed by atoms with Crippen molar-refractivity contribution in [2.75, 3.05) is 7.11 Å². The lowest BCUT2D eigenvalue weighted by atomic mass is 9.82. The van der Waals surface area contributed by atoms with Crippen molar-refractivity contribution in [2.24, 2.45) is 0 Å². The molecule has 1 fully saturated rings. The van der Waals surface area contributed by atoms with Crippen LogP contribution in [0.25, 0.3) is 0 Å². The molecule has 2 aliphatic carbocycles. The maximum atomic E-state index is 11.8. The Hall–Kier alpha value is -1.75. The van der Waals surface area contributed by atoms with Gasteiger partial charge in [0.25, 0.3) is 0 Å². The van der Waals surface area contributed by atoms with E-state index < -0.39 is 5.60 Å². The molecule has 2 aliphatic rings. The molecule has 1 unspecified atom stereocenters. The summed E-state index contributed by atoms with van der Waals surface area (Å²) in [6.45, 7) is 5.64. The molecule has 0 bridgehead atoms. The number of alkyl carbamates (subject to hydrolysis) is 1. The van der Waals surface area contributed by atoms with E-state index in [4.69, 9.17) is 9.47 Å². The van der Waals surface area contributed by atoms with Crippen LogP contribution in [-0.2, 0) is 11.2 Å². The molecule has 25 heavy (non-hydrogen) atoms. The van der Waals surface area contributed by atoms with Gasteiger partial charge in [0.1, 0.15) is 11.4 Å². The number of rotatable bonds is 4. The molecule has 1 aromatic rings. The zero-order valence-corrected chi connectivity index (χ0v) is 15.7. The summed E-state index contributed by atoms with van der Waals surface area (Å²) in [5, 5.41) is 6.72. The highest BCUT2D eigenvalue weighted by Crippen LogP contribution is 2.34. The molecule has 0 spiro atoms. The first-order valence-corrected chi connectivity index (χ1v) is 9.26. The third kappa shape index (κ3) is 4.66. The topological polar surface area (TPSA) is 59.6 Å². The Balaban J connectivity index is 1.50. The molecule has 0 heterocycles. The fourth-order valence-corrected chi connectivity index (χ4v) is 3.71. The Morgan fingerprint density at radius 3 is 2.64 bits per heavy atom. The van der Waals surface area contributed by atoms with Gasteiger partial charge in [0.2, 0.25) is 0 Å². The van der Waals surface area contributed by atoms with Crippen LogP contribution in [0, 0.1) is 0 Å². The highest BCUT2D eigenvalue weighted by atomic mass is 16.6. The van der Waals surface area contributed by atoms with Crippen LogP contribution >= 0.6 is 0 Å². The predicted octanol–water partition coefficient (Wildman–Crippen LogP) is 3.72. The van der Waals surface area contributed by atoms with E-state index in [0.29, 0.717) is 12.1 Å². The van der Waals surface area contributed by atoms with Crippen molar-refractivity contribution < 1.29 is 14.3 Å². The average molecular weight is 346 g/mol. The molecule has 0 aliphatic heterocycles. The highest BCUT2D eigenvalue weighted by Gasteiger charge is 2.34. The number of fused-ring (bicyclic) bond motifs is 1. The maximum Gasteiger partial charge on any atom is 0.407 e. The molecule has 5 nitrogen and oxygen atoms in total. The van der Waals surface area contributed by atoms with Crippen molar-refractivity contribution in [1.82, 2.24) is 10.6 Å². The van der Waals surface area contributed by atoms with Crippen LogP contribution in [0.3, 0.4) is 0 Å². The maximum absolute atomic E-state index is 11.8. The van der Waals surface area contributed by atoms with Gasteiger partial charge < -0.3 is 20.1 Å². The van der Waals surface area contributed by atoms with E-state index in [0.717, 1.165) is 31.4 Å². The average Bonchev–Trinajstić information content (AvgIpc) is 2.50. The SMILES string of the molecule is COc1ccc2c(c1)C(NC1CC(NC(=O)OC(C)(C)C)C1)CCC2. The van der Waals surface area contributed by atoms with Crippen molar-refractivity contribution in [2.45, 2.75) is 76.6 Å². The minimum Gasteiger partial charge on any atom is -0.497 e. The lowest BCUT2D eigenvalue weighted by Crippen LogP contribution is -2.54. The van der Waals surface area contributed by atoms with Gasteiger partial charge in [0.05, 0.1) is 7.11 Å². The smallest absolute Gasteiger partial charge is 0.407 e. The van der Waals surface area contributed by atoms with E-state index in [9.17, 15) is 4.79 Å². The number of carbonyl (C=O) groups excluding carboxylic acids is 1. The van der Waals surface area contributed by atoms with E-state index in [1.165, 1.54) is 17.5 Å². The van der Waals surface area contributed by atoms with Gasteiger partial charge in [0.15, 0.2) is 0 Å². The lowest BCUT2D eigenvalue weighted by Gasteiger charge is -2.40. The summed E-state index contributed by atoms with van der Waals surface area (Å²) >= 11 is 0. The standard InChI is InChI=1S/C20H30N2O3/c1-20(2,3)25-19(23)22-15-10-14(11-15)21-18-7-5-6-13-8-9-16(24-4)12-17(13)18/h8-9,12,14-15,18,21H,5-7,10-11H2,1-4H3,(H,22,23). The fraction of sp³-hybridized carbons (Fsp3) is 0.650. The van der Waals surface area contributed by atoms with Gasteiger partial charge in [-0.2, -0.15) is 0 Å². The van der Waals surface area contributed by atoms with Gasteiger partial charge >= 0.3 is 6.09 Å². The second kappa shape index (κ2) is 7.24. The molecule has 0 radical (unpaired) electrons. The zero-order valence-electron chi connectivity index (χ0n) is 15.7. The quantitative estimate of drug-likeness (QED) is 0.872. The number of methoxy groups -OCH3 is 1. The highest BCUT2D eigenvalue weighted by molar-refractivity contribution is 5.68. The molecule has 1 amide bonds. The molecule has 1 aromatic carbocycles. The summed E-state index contributed by atoms with van der Waals surface area (Å²) in [5.41, 5.74) is 2.34. The Morgan fingerprint density at radius 2 is 1.96 bits per heavy atom. The number of hydrogen-bond acceptors (Lipinski definition) is 4. The Morgan fingerprint density at radius 1 is 1.20 bits per heavy atom. The molecule has 2 N–H and O–H groups in total. The third-order valence-corrected chi connectivity index (χ3v) is 4.96. The van der Waals surface area contributed by atoms with Gasteiger partial charge in [-0.05, 0) is 76.1 Å². The summed E-state index contributed by atoms with van der Waals surface area (Å²) in [6, 6.07) is 7.44. The first-order valence-electron chi connectivity index (χ1n) is 9.26. The summed E-state index contributed by atoms with van der Waals surface area (Å²) in [7, 11) is 1.71. The summed E-state index contributed by atoms with van der Waals surface area (Å²) in [4.78, 5) is 11.8. The largest absolute Gasteiger partial charge is 0.497 e. The molecular weight excluding hydrogens is 316 g/mol. The van der Waals surface area contributed by atoms with E-state index in [-0.39, 0.29) is 12.1 Å². The number of amides is 1. The Kier molecular flexibility index (Phi) is 5.23. The second-order valence-electron chi connectivity index (χ2n) is 8.19. The monoisotopic (exact) mass is 346 g/mol. The normalized spacial score (nSPS) is 25.5. The van der Waals surface area contributed by atoms with Gasteiger partial charge in [-0.15, -0.1) is 0 Å². The van der Waals surface area contributed by atoms with Crippen molar-refractivity contribution in [3.05, 3.63) is 29.3 Å². The van der Waals surface area contributed by atoms with Gasteiger partial charge in [-0.1, -0.05) is 6.07 Å². The fourth-order valence-electron chi connectivity index (χ4n) is 3.71. The van der Waals surface area contributed by atoms with E-state index in [2.05, 4.69) is 22.8 Å². The number of carbonyl (C=O) groups is 1. The summed E-state index contributed by atoms with van der Waals surface area (Å²) in [6.07, 6.45) is 5.10. The molecule has 0 saturated heterocycles. The van der Waals surface area contributed by atoms with E-state index >= 15 is 0 Å². The van der Waals surface area contributed by atoms with Gasteiger partial charge in [-0.3, -0.25) is 0 Å². The lowest BCUT2D eigenvalue weighted by molar-refractivity contribution is 0.0462. The summed E-state index contributed by atoms with van der Waals surface area (Å²) in [5.74, 6) is 0.922. The van der Waals surface area contributed by atoms with Crippen LogP contribution in [0.5, 0.6) is 5.75 Å². The number of ether oxygens (including phenoxy) is 2. The molecule has 1 saturated carbocycles. The molecule has 138 valence electrons. The van der Waals surface area contributed by atoms with Gasteiger partial charge in [-0.25, -0.2) is 4.79 Å². The van der Waals surface area contributed by atoms with Crippen molar-refractivity contribution >= 4 is 6.09 Å². The van der Waals surface area contributed by atoms with E-state index in [1.54, 1.807) is 7.11 Å². The van der Waals surface area contributed by atoms with Crippen molar-refractivity contribution in [3.8, 4) is 5.75 Å². The van der Waals surface area contributed by atoms with Crippen molar-refractivity contribution in [1.29, 1.82) is 0 Å². The minimum absolute atomic E-state index is 0.209. The summed E-state index contributed by atoms with van der Waals surface area (Å²) < 4.78 is 10.7. The van der Waals surface area contributed by atoms with Crippen molar-refractivity contribution in [3.63, 3.8) is 0 Å².